The summed E-state index contributed by atoms with van der Waals surface area (Å²) in [7, 11) is -9.91. The number of phosphoric ester groups is 2. The molecule has 3 unspecified atom stereocenters. The summed E-state index contributed by atoms with van der Waals surface area (Å²) in [5.74, 6) is 0.881. The van der Waals surface area contributed by atoms with Crippen LogP contribution in [0, 0.1) is 23.7 Å². The second-order valence-electron chi connectivity index (χ2n) is 27.6. The van der Waals surface area contributed by atoms with Crippen LogP contribution < -0.4 is 0 Å². The van der Waals surface area contributed by atoms with E-state index in [2.05, 4.69) is 55.4 Å². The number of carbonyl (C=O) groups is 4. The molecule has 0 aromatic carbocycles. The first-order valence-corrected chi connectivity index (χ1v) is 40.2. The van der Waals surface area contributed by atoms with E-state index in [1.807, 2.05) is 0 Å². The molecule has 0 heterocycles. The lowest BCUT2D eigenvalue weighted by Crippen LogP contribution is -2.30. The van der Waals surface area contributed by atoms with Gasteiger partial charge in [0.05, 0.1) is 26.4 Å². The number of aliphatic hydroxyl groups is 1. The smallest absolute Gasteiger partial charge is 0.462 e. The summed E-state index contributed by atoms with van der Waals surface area (Å²) in [6.45, 7) is 14.1. The average molecular weight is 1340 g/mol. The molecule has 0 aliphatic heterocycles. The van der Waals surface area contributed by atoms with Gasteiger partial charge in [0.1, 0.15) is 19.3 Å². The Morgan fingerprint density at radius 2 is 0.527 bits per heavy atom. The maximum atomic E-state index is 13.0. The minimum atomic E-state index is -4.95. The van der Waals surface area contributed by atoms with Crippen LogP contribution in [0.4, 0.5) is 0 Å². The van der Waals surface area contributed by atoms with Crippen molar-refractivity contribution in [1.29, 1.82) is 0 Å². The molecular weight excluding hydrogens is 1200 g/mol. The van der Waals surface area contributed by atoms with Gasteiger partial charge >= 0.3 is 39.5 Å². The first-order chi connectivity index (χ1) is 43.6. The lowest BCUT2D eigenvalue weighted by molar-refractivity contribution is -0.161. The Labute approximate surface area is 556 Å². The zero-order valence-corrected chi connectivity index (χ0v) is 61.3. The summed E-state index contributed by atoms with van der Waals surface area (Å²) in [6, 6.07) is 0. The van der Waals surface area contributed by atoms with Crippen molar-refractivity contribution in [2.45, 2.75) is 375 Å². The Kier molecular flexibility index (Phi) is 60.3. The highest BCUT2D eigenvalue weighted by Crippen LogP contribution is 2.45. The molecule has 0 saturated carbocycles. The lowest BCUT2D eigenvalue weighted by atomic mass is 9.99. The van der Waals surface area contributed by atoms with Crippen LogP contribution in [-0.4, -0.2) is 96.7 Å². The predicted octanol–water partition coefficient (Wildman–Crippen LogP) is 20.5. The van der Waals surface area contributed by atoms with E-state index in [0.717, 1.165) is 114 Å². The lowest BCUT2D eigenvalue weighted by Gasteiger charge is -2.21. The summed E-state index contributed by atoms with van der Waals surface area (Å²) in [6.07, 6.45) is 44.5. The van der Waals surface area contributed by atoms with E-state index < -0.39 is 97.5 Å². The second kappa shape index (κ2) is 61.6. The van der Waals surface area contributed by atoms with Crippen LogP contribution in [0.2, 0.25) is 0 Å². The minimum absolute atomic E-state index is 0.105. The van der Waals surface area contributed by atoms with Gasteiger partial charge < -0.3 is 33.8 Å². The Morgan fingerprint density at radius 1 is 0.308 bits per heavy atom. The molecule has 0 bridgehead atoms. The quantitative estimate of drug-likeness (QED) is 0.0222. The van der Waals surface area contributed by atoms with Gasteiger partial charge in [-0.25, -0.2) is 9.13 Å². The molecule has 19 heteroatoms. The van der Waals surface area contributed by atoms with E-state index in [9.17, 15) is 43.2 Å². The summed E-state index contributed by atoms with van der Waals surface area (Å²) >= 11 is 0. The molecule has 17 nitrogen and oxygen atoms in total. The molecule has 0 saturated heterocycles. The third kappa shape index (κ3) is 65.1. The van der Waals surface area contributed by atoms with E-state index in [0.29, 0.717) is 31.6 Å². The molecule has 91 heavy (non-hydrogen) atoms. The molecule has 0 radical (unpaired) electrons. The van der Waals surface area contributed by atoms with Gasteiger partial charge in [0, 0.05) is 25.7 Å². The van der Waals surface area contributed by atoms with E-state index in [-0.39, 0.29) is 25.7 Å². The number of hydrogen-bond acceptors (Lipinski definition) is 15. The van der Waals surface area contributed by atoms with Crippen molar-refractivity contribution in [2.24, 2.45) is 23.7 Å². The van der Waals surface area contributed by atoms with Crippen LogP contribution in [-0.2, 0) is 65.4 Å². The van der Waals surface area contributed by atoms with Crippen molar-refractivity contribution >= 4 is 39.5 Å². The molecule has 0 amide bonds. The monoisotopic (exact) mass is 1340 g/mol. The number of ether oxygens (including phenoxy) is 4. The zero-order chi connectivity index (χ0) is 67.5. The topological polar surface area (TPSA) is 237 Å². The fraction of sp³-hybridized carbons (Fsp3) is 0.944. The van der Waals surface area contributed by atoms with Gasteiger partial charge in [0.15, 0.2) is 12.2 Å². The van der Waals surface area contributed by atoms with Crippen molar-refractivity contribution in [3.63, 3.8) is 0 Å². The van der Waals surface area contributed by atoms with Gasteiger partial charge in [-0.05, 0) is 49.4 Å². The molecule has 0 aliphatic rings. The molecular formula is C72H140O17P2. The zero-order valence-electron chi connectivity index (χ0n) is 59.5. The van der Waals surface area contributed by atoms with Gasteiger partial charge in [-0.2, -0.15) is 0 Å². The van der Waals surface area contributed by atoms with Crippen LogP contribution in [0.1, 0.15) is 357 Å². The highest BCUT2D eigenvalue weighted by atomic mass is 31.2. The fourth-order valence-electron chi connectivity index (χ4n) is 10.8. The first kappa shape index (κ1) is 89.1. The van der Waals surface area contributed by atoms with Crippen LogP contribution in [0.3, 0.4) is 0 Å². The molecule has 0 fully saturated rings. The third-order valence-corrected chi connectivity index (χ3v) is 18.8. The molecule has 0 aromatic heterocycles. The summed E-state index contributed by atoms with van der Waals surface area (Å²) in [4.78, 5) is 72.6. The number of unbranched alkanes of at least 4 members (excludes halogenated alkanes) is 34. The van der Waals surface area contributed by atoms with E-state index in [1.54, 1.807) is 0 Å². The number of aliphatic hydroxyl groups excluding tert-OH is 1. The Morgan fingerprint density at radius 3 is 0.780 bits per heavy atom. The number of esters is 4. The Hall–Kier alpha value is -1.94. The SMILES string of the molecule is CCC(C)CCCCCCCCCCC(=O)OC[C@H](COP(=O)(O)OC[C@@H](O)COP(=O)(O)OC[C@@H](COC(=O)CCCCCCCCC(C)C)OC(=O)CCCCCCCCCCCCCC(C)C)OC(=O)CCCCCCCCCCCCCCCC(C)C. The maximum absolute atomic E-state index is 13.0. The number of rotatable bonds is 69. The molecule has 0 aromatic rings. The standard InChI is InChI=1S/C72H140O17P2/c1-9-65(8)51-43-35-26-22-23-27-36-44-52-69(74)82-58-67(88-71(76)54-46-38-28-20-16-12-10-11-14-18-24-32-40-48-62(2)3)60-86-90(78,79)84-56-66(73)57-85-91(80,81)87-61-68(59-83-70(75)53-45-37-31-30-34-42-50-64(6)7)89-72(77)55-47-39-29-21-17-13-15-19-25-33-41-49-63(4)5/h62-68,73H,9-61H2,1-8H3,(H,78,79)(H,80,81)/t65?,66-,67-,68-/m1/s1. The third-order valence-electron chi connectivity index (χ3n) is 16.9. The molecule has 540 valence electrons. The van der Waals surface area contributed by atoms with Gasteiger partial charge in [-0.3, -0.25) is 37.3 Å². The van der Waals surface area contributed by atoms with Gasteiger partial charge in [-0.1, -0.05) is 306 Å². The van der Waals surface area contributed by atoms with Gasteiger partial charge in [0.2, 0.25) is 0 Å². The molecule has 6 atom stereocenters. The van der Waals surface area contributed by atoms with Crippen LogP contribution in [0.15, 0.2) is 0 Å². The summed E-state index contributed by atoms with van der Waals surface area (Å²) < 4.78 is 68.3. The molecule has 3 N–H and O–H groups in total. The van der Waals surface area contributed by atoms with Crippen LogP contribution in [0.5, 0.6) is 0 Å². The molecule has 0 spiro atoms. The minimum Gasteiger partial charge on any atom is -0.462 e. The average Bonchev–Trinajstić information content (AvgIpc) is 3.69. The van der Waals surface area contributed by atoms with Gasteiger partial charge in [0.25, 0.3) is 0 Å². The van der Waals surface area contributed by atoms with Crippen molar-refractivity contribution in [1.82, 2.24) is 0 Å². The van der Waals surface area contributed by atoms with E-state index in [4.69, 9.17) is 37.0 Å². The van der Waals surface area contributed by atoms with Crippen molar-refractivity contribution in [3.8, 4) is 0 Å². The first-order valence-electron chi connectivity index (χ1n) is 37.2. The van der Waals surface area contributed by atoms with Crippen LogP contribution in [0.25, 0.3) is 0 Å². The summed E-state index contributed by atoms with van der Waals surface area (Å²) in [5.41, 5.74) is 0. The number of phosphoric acid groups is 2. The Balaban J connectivity index is 5.25. The van der Waals surface area contributed by atoms with E-state index in [1.165, 1.54) is 154 Å². The number of hydrogen-bond donors (Lipinski definition) is 3. The fourth-order valence-corrected chi connectivity index (χ4v) is 12.4. The van der Waals surface area contributed by atoms with Gasteiger partial charge in [-0.15, -0.1) is 0 Å². The molecule has 0 aliphatic carbocycles. The van der Waals surface area contributed by atoms with E-state index >= 15 is 0 Å². The second-order valence-corrected chi connectivity index (χ2v) is 30.6. The highest BCUT2D eigenvalue weighted by Gasteiger charge is 2.30. The number of carbonyl (C=O) groups excluding carboxylic acids is 4. The van der Waals surface area contributed by atoms with Crippen LogP contribution >= 0.6 is 15.6 Å². The predicted molar refractivity (Wildman–Crippen MR) is 367 cm³/mol. The largest absolute Gasteiger partial charge is 0.472 e. The normalized spacial score (nSPS) is 14.5. The molecule has 0 rings (SSSR count). The summed E-state index contributed by atoms with van der Waals surface area (Å²) in [5, 5.41) is 10.6. The van der Waals surface area contributed by atoms with Crippen molar-refractivity contribution < 1.29 is 80.2 Å². The van der Waals surface area contributed by atoms with Crippen molar-refractivity contribution in [2.75, 3.05) is 39.6 Å². The Bertz CT molecular complexity index is 1800. The van der Waals surface area contributed by atoms with Crippen molar-refractivity contribution in [3.05, 3.63) is 0 Å². The highest BCUT2D eigenvalue weighted by molar-refractivity contribution is 7.47. The maximum Gasteiger partial charge on any atom is 0.472 e.